The molecule has 8 nitrogen and oxygen atoms in total. The molecule has 0 atom stereocenters. The molecule has 4 aromatic heterocycles. The SMILES string of the molecule is CNc1ccnc(Nc2ccc3cc(C)n(-c4cc(-c5c(C)ccn(C)c5=O)cnc4Cl)c3c2)n1. The highest BCUT2D eigenvalue weighted by Crippen LogP contribution is 2.32. The van der Waals surface area contributed by atoms with Crippen molar-refractivity contribution >= 4 is 40.0 Å². The van der Waals surface area contributed by atoms with Crippen molar-refractivity contribution in [1.82, 2.24) is 24.1 Å². The maximum Gasteiger partial charge on any atom is 0.258 e. The number of anilines is 3. The predicted molar refractivity (Wildman–Crippen MR) is 141 cm³/mol. The summed E-state index contributed by atoms with van der Waals surface area (Å²) < 4.78 is 3.61. The van der Waals surface area contributed by atoms with Gasteiger partial charge in [0.15, 0.2) is 5.15 Å². The number of hydrogen-bond acceptors (Lipinski definition) is 6. The lowest BCUT2D eigenvalue weighted by atomic mass is 10.0. The van der Waals surface area contributed by atoms with Crippen LogP contribution in [0, 0.1) is 13.8 Å². The van der Waals surface area contributed by atoms with Gasteiger partial charge in [-0.15, -0.1) is 0 Å². The molecule has 35 heavy (non-hydrogen) atoms. The van der Waals surface area contributed by atoms with Gasteiger partial charge >= 0.3 is 0 Å². The average molecular weight is 486 g/mol. The van der Waals surface area contributed by atoms with Gasteiger partial charge in [-0.1, -0.05) is 17.7 Å². The molecule has 0 aliphatic rings. The molecule has 0 amide bonds. The van der Waals surface area contributed by atoms with Gasteiger partial charge in [0, 0.05) is 55.0 Å². The van der Waals surface area contributed by atoms with Gasteiger partial charge in [-0.25, -0.2) is 9.97 Å². The smallest absolute Gasteiger partial charge is 0.258 e. The summed E-state index contributed by atoms with van der Waals surface area (Å²) in [6, 6.07) is 13.8. The lowest BCUT2D eigenvalue weighted by molar-refractivity contribution is 0.858. The Labute approximate surface area is 207 Å². The standard InChI is InChI=1S/C26H24ClN7O/c1-15-8-10-33(4)25(35)23(15)18-12-21(24(27)30-14-18)34-16(2)11-17-5-6-19(13-20(17)34)31-26-29-9-7-22(28-3)32-26/h5-14H,1-4H3,(H2,28,29,31,32). The molecule has 4 heterocycles. The lowest BCUT2D eigenvalue weighted by Gasteiger charge is -2.14. The minimum absolute atomic E-state index is 0.0792. The molecule has 176 valence electrons. The van der Waals surface area contributed by atoms with E-state index in [2.05, 4.69) is 31.7 Å². The largest absolute Gasteiger partial charge is 0.373 e. The molecule has 0 aliphatic heterocycles. The first-order valence-corrected chi connectivity index (χ1v) is 11.5. The quantitative estimate of drug-likeness (QED) is 0.331. The molecule has 0 aliphatic carbocycles. The summed E-state index contributed by atoms with van der Waals surface area (Å²) >= 11 is 6.60. The summed E-state index contributed by atoms with van der Waals surface area (Å²) in [4.78, 5) is 26.1. The van der Waals surface area contributed by atoms with Gasteiger partial charge in [0.1, 0.15) is 5.82 Å². The van der Waals surface area contributed by atoms with E-state index in [0.717, 1.165) is 39.2 Å². The number of aromatic nitrogens is 5. The molecule has 2 N–H and O–H groups in total. The van der Waals surface area contributed by atoms with E-state index < -0.39 is 0 Å². The van der Waals surface area contributed by atoms with Gasteiger partial charge in [-0.3, -0.25) is 4.79 Å². The maximum atomic E-state index is 12.9. The van der Waals surface area contributed by atoms with E-state index in [-0.39, 0.29) is 5.56 Å². The molecule has 0 saturated carbocycles. The van der Waals surface area contributed by atoms with E-state index in [4.69, 9.17) is 11.6 Å². The van der Waals surface area contributed by atoms with Crippen LogP contribution in [0.4, 0.5) is 17.5 Å². The maximum absolute atomic E-state index is 12.9. The van der Waals surface area contributed by atoms with Crippen LogP contribution >= 0.6 is 11.6 Å². The van der Waals surface area contributed by atoms with Gasteiger partial charge in [0.2, 0.25) is 5.95 Å². The third kappa shape index (κ3) is 4.13. The minimum atomic E-state index is -0.0792. The highest BCUT2D eigenvalue weighted by Gasteiger charge is 2.16. The number of fused-ring (bicyclic) bond motifs is 1. The molecule has 5 aromatic rings. The Hall–Kier alpha value is -4.17. The molecule has 0 bridgehead atoms. The summed E-state index contributed by atoms with van der Waals surface area (Å²) in [5, 5.41) is 7.67. The topological polar surface area (TPSA) is 89.7 Å². The van der Waals surface area contributed by atoms with Gasteiger partial charge in [-0.2, -0.15) is 4.98 Å². The zero-order valence-corrected chi connectivity index (χ0v) is 20.6. The average Bonchev–Trinajstić information content (AvgIpc) is 3.17. The predicted octanol–water partition coefficient (Wildman–Crippen LogP) is 5.24. The number of halogens is 1. The van der Waals surface area contributed by atoms with Crippen molar-refractivity contribution in [2.24, 2.45) is 7.05 Å². The summed E-state index contributed by atoms with van der Waals surface area (Å²) in [5.74, 6) is 1.21. The van der Waals surface area contributed by atoms with Gasteiger partial charge < -0.3 is 19.8 Å². The Balaban J connectivity index is 1.64. The van der Waals surface area contributed by atoms with Crippen LogP contribution in [-0.2, 0) is 7.05 Å². The van der Waals surface area contributed by atoms with Crippen molar-refractivity contribution < 1.29 is 0 Å². The first-order chi connectivity index (χ1) is 16.9. The Morgan fingerprint density at radius 1 is 1.03 bits per heavy atom. The normalized spacial score (nSPS) is 11.1. The number of aryl methyl sites for hydroxylation is 3. The molecule has 0 fully saturated rings. The van der Waals surface area contributed by atoms with E-state index >= 15 is 0 Å². The molecule has 0 saturated heterocycles. The fourth-order valence-electron chi connectivity index (χ4n) is 4.22. The van der Waals surface area contributed by atoms with E-state index in [1.54, 1.807) is 36.3 Å². The van der Waals surface area contributed by atoms with Crippen LogP contribution in [0.2, 0.25) is 5.15 Å². The fraction of sp³-hybridized carbons (Fsp3) is 0.154. The minimum Gasteiger partial charge on any atom is -0.373 e. The van der Waals surface area contributed by atoms with Crippen LogP contribution in [0.15, 0.2) is 65.8 Å². The number of rotatable bonds is 5. The Morgan fingerprint density at radius 3 is 2.66 bits per heavy atom. The second-order valence-corrected chi connectivity index (χ2v) is 8.72. The second kappa shape index (κ2) is 8.88. The molecule has 0 radical (unpaired) electrons. The third-order valence-corrected chi connectivity index (χ3v) is 6.27. The Kier molecular flexibility index (Phi) is 5.74. The summed E-state index contributed by atoms with van der Waals surface area (Å²) in [7, 11) is 3.55. The fourth-order valence-corrected chi connectivity index (χ4v) is 4.41. The summed E-state index contributed by atoms with van der Waals surface area (Å²) in [6.45, 7) is 3.94. The molecule has 1 aromatic carbocycles. The lowest BCUT2D eigenvalue weighted by Crippen LogP contribution is -2.19. The number of benzene rings is 1. The van der Waals surface area contributed by atoms with Crippen LogP contribution in [0.3, 0.4) is 0 Å². The van der Waals surface area contributed by atoms with E-state index in [1.165, 1.54) is 0 Å². The summed E-state index contributed by atoms with van der Waals surface area (Å²) in [6.07, 6.45) is 5.11. The molecule has 0 unspecified atom stereocenters. The number of pyridine rings is 2. The van der Waals surface area contributed by atoms with Crippen LogP contribution in [0.5, 0.6) is 0 Å². The van der Waals surface area contributed by atoms with E-state index in [9.17, 15) is 4.79 Å². The van der Waals surface area contributed by atoms with Crippen LogP contribution in [0.1, 0.15) is 11.3 Å². The van der Waals surface area contributed by atoms with Crippen molar-refractivity contribution in [1.29, 1.82) is 0 Å². The Bertz CT molecular complexity index is 1640. The first kappa shape index (κ1) is 22.6. The highest BCUT2D eigenvalue weighted by molar-refractivity contribution is 6.31. The molecule has 9 heteroatoms. The van der Waals surface area contributed by atoms with Crippen molar-refractivity contribution in [3.8, 4) is 16.8 Å². The molecule has 5 rings (SSSR count). The zero-order valence-electron chi connectivity index (χ0n) is 19.8. The molecular formula is C26H24ClN7O. The third-order valence-electron chi connectivity index (χ3n) is 5.98. The number of hydrogen-bond donors (Lipinski definition) is 2. The number of nitrogens with zero attached hydrogens (tertiary/aromatic N) is 5. The molecular weight excluding hydrogens is 462 g/mol. The van der Waals surface area contributed by atoms with Crippen LogP contribution in [-0.4, -0.2) is 31.1 Å². The van der Waals surface area contributed by atoms with Crippen LogP contribution < -0.4 is 16.2 Å². The molecule has 0 spiro atoms. The van der Waals surface area contributed by atoms with Gasteiger partial charge in [-0.05, 0) is 55.8 Å². The van der Waals surface area contributed by atoms with Crippen molar-refractivity contribution in [2.45, 2.75) is 13.8 Å². The van der Waals surface area contributed by atoms with E-state index in [0.29, 0.717) is 22.4 Å². The van der Waals surface area contributed by atoms with Crippen LogP contribution in [0.25, 0.3) is 27.7 Å². The van der Waals surface area contributed by atoms with Gasteiger partial charge in [0.25, 0.3) is 5.56 Å². The van der Waals surface area contributed by atoms with E-state index in [1.807, 2.05) is 55.8 Å². The zero-order chi connectivity index (χ0) is 24.7. The second-order valence-electron chi connectivity index (χ2n) is 8.36. The monoisotopic (exact) mass is 485 g/mol. The van der Waals surface area contributed by atoms with Crippen molar-refractivity contribution in [2.75, 3.05) is 17.7 Å². The highest BCUT2D eigenvalue weighted by atomic mass is 35.5. The van der Waals surface area contributed by atoms with Gasteiger partial charge in [0.05, 0.1) is 16.8 Å². The number of nitrogens with one attached hydrogen (secondary N) is 2. The van der Waals surface area contributed by atoms with Crippen molar-refractivity contribution in [3.63, 3.8) is 0 Å². The Morgan fingerprint density at radius 2 is 1.86 bits per heavy atom. The first-order valence-electron chi connectivity index (χ1n) is 11.1. The summed E-state index contributed by atoms with van der Waals surface area (Å²) in [5.41, 5.74) is 5.59. The van der Waals surface area contributed by atoms with Crippen molar-refractivity contribution in [3.05, 3.63) is 87.8 Å².